The van der Waals surface area contributed by atoms with Crippen LogP contribution in [0, 0.1) is 0 Å². The molecule has 1 N–H and O–H groups in total. The molecule has 2 aromatic carbocycles. The summed E-state index contributed by atoms with van der Waals surface area (Å²) in [5, 5.41) is 2.45. The third-order valence-electron chi connectivity index (χ3n) is 2.90. The van der Waals surface area contributed by atoms with Crippen molar-refractivity contribution in [3.63, 3.8) is 0 Å². The first kappa shape index (κ1) is 16.7. The first-order valence-electron chi connectivity index (χ1n) is 6.14. The molecule has 0 fully saturated rings. The second-order valence-corrected chi connectivity index (χ2v) is 5.63. The van der Waals surface area contributed by atoms with Crippen LogP contribution in [0.3, 0.4) is 0 Å². The molecule has 7 heteroatoms. The van der Waals surface area contributed by atoms with Gasteiger partial charge in [0.1, 0.15) is 0 Å². The monoisotopic (exact) mass is 345 g/mol. The fourth-order valence-electron chi connectivity index (χ4n) is 1.83. The number of hydrogen-bond donors (Lipinski definition) is 1. The molecule has 2 aromatic rings. The van der Waals surface area contributed by atoms with Crippen molar-refractivity contribution in [1.29, 1.82) is 0 Å². The second-order valence-electron chi connectivity index (χ2n) is 4.34. The van der Waals surface area contributed by atoms with E-state index in [2.05, 4.69) is 5.32 Å². The molecule has 0 atom stereocenters. The van der Waals surface area contributed by atoms with Crippen LogP contribution in [-0.4, -0.2) is 12.2 Å². The molecular weight excluding hydrogens is 335 g/mol. The average molecular weight is 346 g/mol. The van der Waals surface area contributed by atoms with Crippen LogP contribution in [0.15, 0.2) is 47.4 Å². The van der Waals surface area contributed by atoms with E-state index in [1.54, 1.807) is 12.1 Å². The summed E-state index contributed by atoms with van der Waals surface area (Å²) in [4.78, 5) is 13.0. The standard InChI is InChI=1S/C15H11ClF3NOS/c1-22-9-6-7-12(16)10(8-9)14(21)20-13-5-3-2-4-11(13)15(17,18)19/h2-8H,1H3,(H,20,21). The number of halogens is 4. The predicted octanol–water partition coefficient (Wildman–Crippen LogP) is 5.33. The molecule has 0 aliphatic heterocycles. The molecule has 0 unspecified atom stereocenters. The molecule has 0 aromatic heterocycles. The van der Waals surface area contributed by atoms with Crippen molar-refractivity contribution in [3.05, 3.63) is 58.6 Å². The highest BCUT2D eigenvalue weighted by Crippen LogP contribution is 2.35. The number of benzene rings is 2. The Morgan fingerprint density at radius 3 is 2.50 bits per heavy atom. The average Bonchev–Trinajstić information content (AvgIpc) is 2.47. The predicted molar refractivity (Wildman–Crippen MR) is 82.6 cm³/mol. The molecule has 22 heavy (non-hydrogen) atoms. The van der Waals surface area contributed by atoms with Crippen molar-refractivity contribution in [3.8, 4) is 0 Å². The summed E-state index contributed by atoms with van der Waals surface area (Å²) in [7, 11) is 0. The summed E-state index contributed by atoms with van der Waals surface area (Å²) in [5.41, 5.74) is -1.07. The SMILES string of the molecule is CSc1ccc(Cl)c(C(=O)Nc2ccccc2C(F)(F)F)c1. The lowest BCUT2D eigenvalue weighted by molar-refractivity contribution is -0.136. The van der Waals surface area contributed by atoms with Gasteiger partial charge in [-0.05, 0) is 36.6 Å². The Morgan fingerprint density at radius 1 is 1.18 bits per heavy atom. The lowest BCUT2D eigenvalue weighted by Crippen LogP contribution is -2.17. The van der Waals surface area contributed by atoms with Crippen molar-refractivity contribution >= 4 is 35.0 Å². The van der Waals surface area contributed by atoms with Gasteiger partial charge in [0.2, 0.25) is 0 Å². The molecule has 0 aliphatic rings. The molecule has 2 rings (SSSR count). The van der Waals surface area contributed by atoms with E-state index in [1.165, 1.54) is 36.0 Å². The highest BCUT2D eigenvalue weighted by molar-refractivity contribution is 7.98. The number of alkyl halides is 3. The molecule has 0 radical (unpaired) electrons. The minimum atomic E-state index is -4.55. The van der Waals surface area contributed by atoms with E-state index in [-0.39, 0.29) is 16.3 Å². The maximum atomic E-state index is 12.9. The number of thioether (sulfide) groups is 1. The quantitative estimate of drug-likeness (QED) is 0.761. The van der Waals surface area contributed by atoms with Gasteiger partial charge < -0.3 is 5.32 Å². The van der Waals surface area contributed by atoms with E-state index in [0.29, 0.717) is 0 Å². The van der Waals surface area contributed by atoms with E-state index in [4.69, 9.17) is 11.6 Å². The molecule has 2 nitrogen and oxygen atoms in total. The third-order valence-corrected chi connectivity index (χ3v) is 3.95. The highest BCUT2D eigenvalue weighted by Gasteiger charge is 2.33. The van der Waals surface area contributed by atoms with E-state index in [0.717, 1.165) is 11.0 Å². The normalized spacial score (nSPS) is 11.3. The van der Waals surface area contributed by atoms with Crippen LogP contribution in [0.5, 0.6) is 0 Å². The number of hydrogen-bond acceptors (Lipinski definition) is 2. The molecule has 0 saturated heterocycles. The number of rotatable bonds is 3. The van der Waals surface area contributed by atoms with Crippen LogP contribution in [-0.2, 0) is 6.18 Å². The lowest BCUT2D eigenvalue weighted by atomic mass is 10.1. The van der Waals surface area contributed by atoms with Crippen LogP contribution in [0.2, 0.25) is 5.02 Å². The first-order valence-corrected chi connectivity index (χ1v) is 7.74. The first-order chi connectivity index (χ1) is 10.3. The van der Waals surface area contributed by atoms with Gasteiger partial charge in [0.05, 0.1) is 21.8 Å². The van der Waals surface area contributed by atoms with Crippen molar-refractivity contribution in [2.75, 3.05) is 11.6 Å². The molecule has 116 valence electrons. The number of nitrogens with one attached hydrogen (secondary N) is 1. The zero-order valence-electron chi connectivity index (χ0n) is 11.4. The zero-order chi connectivity index (χ0) is 16.3. The van der Waals surface area contributed by atoms with E-state index >= 15 is 0 Å². The molecule has 0 bridgehead atoms. The smallest absolute Gasteiger partial charge is 0.321 e. The fraction of sp³-hybridized carbons (Fsp3) is 0.133. The maximum Gasteiger partial charge on any atom is 0.418 e. The van der Waals surface area contributed by atoms with Crippen LogP contribution in [0.4, 0.5) is 18.9 Å². The summed E-state index contributed by atoms with van der Waals surface area (Å²) in [6.07, 6.45) is -2.72. The summed E-state index contributed by atoms with van der Waals surface area (Å²) >= 11 is 7.36. The minimum Gasteiger partial charge on any atom is -0.321 e. The van der Waals surface area contributed by atoms with Gasteiger partial charge in [-0.1, -0.05) is 23.7 Å². The van der Waals surface area contributed by atoms with Gasteiger partial charge in [0.15, 0.2) is 0 Å². The van der Waals surface area contributed by atoms with Crippen molar-refractivity contribution < 1.29 is 18.0 Å². The second kappa shape index (κ2) is 6.62. The van der Waals surface area contributed by atoms with Gasteiger partial charge in [0, 0.05) is 4.90 Å². The van der Waals surface area contributed by atoms with E-state index in [1.807, 2.05) is 6.26 Å². The van der Waals surface area contributed by atoms with Crippen LogP contribution in [0.1, 0.15) is 15.9 Å². The molecular formula is C15H11ClF3NOS. The molecule has 0 aliphatic carbocycles. The summed E-state index contributed by atoms with van der Waals surface area (Å²) in [5.74, 6) is -0.683. The van der Waals surface area contributed by atoms with Gasteiger partial charge in [-0.25, -0.2) is 0 Å². The number of carbonyl (C=O) groups is 1. The summed E-state index contributed by atoms with van der Waals surface area (Å²) in [6, 6.07) is 9.61. The van der Waals surface area contributed by atoms with E-state index in [9.17, 15) is 18.0 Å². The highest BCUT2D eigenvalue weighted by atomic mass is 35.5. The molecule has 0 saturated carbocycles. The van der Waals surface area contributed by atoms with Gasteiger partial charge in [-0.3, -0.25) is 4.79 Å². The Bertz CT molecular complexity index is 703. The molecule has 1 amide bonds. The maximum absolute atomic E-state index is 12.9. The van der Waals surface area contributed by atoms with Gasteiger partial charge >= 0.3 is 6.18 Å². The zero-order valence-corrected chi connectivity index (χ0v) is 12.9. The Morgan fingerprint density at radius 2 is 1.86 bits per heavy atom. The summed E-state index contributed by atoms with van der Waals surface area (Å²) in [6.45, 7) is 0. The molecule has 0 heterocycles. The Hall–Kier alpha value is -1.66. The molecule has 0 spiro atoms. The van der Waals surface area contributed by atoms with Crippen molar-refractivity contribution in [1.82, 2.24) is 0 Å². The topological polar surface area (TPSA) is 29.1 Å². The number of amides is 1. The fourth-order valence-corrected chi connectivity index (χ4v) is 2.48. The van der Waals surface area contributed by atoms with E-state index < -0.39 is 17.6 Å². The van der Waals surface area contributed by atoms with Gasteiger partial charge in [-0.2, -0.15) is 13.2 Å². The largest absolute Gasteiger partial charge is 0.418 e. The van der Waals surface area contributed by atoms with Gasteiger partial charge in [-0.15, -0.1) is 11.8 Å². The Kier molecular flexibility index (Phi) is 5.03. The number of para-hydroxylation sites is 1. The Labute approximate surface area is 134 Å². The summed E-state index contributed by atoms with van der Waals surface area (Å²) < 4.78 is 38.8. The number of anilines is 1. The van der Waals surface area contributed by atoms with Crippen LogP contribution >= 0.6 is 23.4 Å². The van der Waals surface area contributed by atoms with Crippen LogP contribution < -0.4 is 5.32 Å². The lowest BCUT2D eigenvalue weighted by Gasteiger charge is -2.14. The third kappa shape index (κ3) is 3.75. The van der Waals surface area contributed by atoms with Gasteiger partial charge in [0.25, 0.3) is 5.91 Å². The minimum absolute atomic E-state index is 0.130. The number of carbonyl (C=O) groups excluding carboxylic acids is 1. The van der Waals surface area contributed by atoms with Crippen molar-refractivity contribution in [2.24, 2.45) is 0 Å². The Balaban J connectivity index is 2.34. The van der Waals surface area contributed by atoms with Crippen molar-refractivity contribution in [2.45, 2.75) is 11.1 Å². The van der Waals surface area contributed by atoms with Crippen LogP contribution in [0.25, 0.3) is 0 Å².